The van der Waals surface area contributed by atoms with E-state index in [1.807, 2.05) is 73.7 Å². The molecule has 1 aromatic heterocycles. The van der Waals surface area contributed by atoms with E-state index >= 15 is 0 Å². The lowest BCUT2D eigenvalue weighted by atomic mass is 9.66. The Kier molecular flexibility index (Phi) is 6.64. The van der Waals surface area contributed by atoms with Crippen molar-refractivity contribution in [2.24, 2.45) is 5.41 Å². The standard InChI is InChI=1S/C32H28N2O4/c1-21-22(2)34-29(33-21)26(28(35)25-17-11-6-12-18-25)27(30(36)38-3)32(31(34)37,19-23-13-7-4-8-14-23)20-24-15-9-5-10-16-24/h4-18H,19-20H2,1-3H3. The van der Waals surface area contributed by atoms with Gasteiger partial charge in [0.2, 0.25) is 5.91 Å². The molecule has 38 heavy (non-hydrogen) atoms. The van der Waals surface area contributed by atoms with Crippen LogP contribution in [0.1, 0.15) is 43.5 Å². The summed E-state index contributed by atoms with van der Waals surface area (Å²) in [6.07, 6.45) is 0.404. The van der Waals surface area contributed by atoms with Gasteiger partial charge in [0.15, 0.2) is 11.6 Å². The molecule has 4 aromatic rings. The van der Waals surface area contributed by atoms with Crippen molar-refractivity contribution < 1.29 is 19.1 Å². The quantitative estimate of drug-likeness (QED) is 0.248. The number of imidazole rings is 1. The summed E-state index contributed by atoms with van der Waals surface area (Å²) in [5, 5.41) is 0. The van der Waals surface area contributed by atoms with Gasteiger partial charge in [-0.15, -0.1) is 0 Å². The second kappa shape index (κ2) is 10.1. The molecule has 0 fully saturated rings. The molecule has 0 aliphatic carbocycles. The van der Waals surface area contributed by atoms with Gasteiger partial charge < -0.3 is 4.74 Å². The molecule has 0 radical (unpaired) electrons. The van der Waals surface area contributed by atoms with Crippen molar-refractivity contribution in [3.8, 4) is 0 Å². The maximum atomic E-state index is 14.7. The van der Waals surface area contributed by atoms with E-state index in [-0.39, 0.29) is 41.5 Å². The van der Waals surface area contributed by atoms with Gasteiger partial charge in [0, 0.05) is 11.3 Å². The van der Waals surface area contributed by atoms with Crippen LogP contribution in [0.15, 0.2) is 96.6 Å². The Morgan fingerprint density at radius 1 is 0.816 bits per heavy atom. The van der Waals surface area contributed by atoms with Crippen molar-refractivity contribution in [1.82, 2.24) is 9.55 Å². The van der Waals surface area contributed by atoms with Crippen molar-refractivity contribution in [3.63, 3.8) is 0 Å². The minimum absolute atomic E-state index is 0.0454. The Hall–Kier alpha value is -4.58. The zero-order valence-corrected chi connectivity index (χ0v) is 21.6. The van der Waals surface area contributed by atoms with Gasteiger partial charge in [0.25, 0.3) is 0 Å². The molecular weight excluding hydrogens is 476 g/mol. The lowest BCUT2D eigenvalue weighted by Gasteiger charge is -2.39. The molecule has 6 nitrogen and oxygen atoms in total. The maximum Gasteiger partial charge on any atom is 0.335 e. The molecule has 1 aliphatic heterocycles. The van der Waals surface area contributed by atoms with Gasteiger partial charge in [-0.25, -0.2) is 9.78 Å². The van der Waals surface area contributed by atoms with Crippen LogP contribution in [-0.4, -0.2) is 34.3 Å². The summed E-state index contributed by atoms with van der Waals surface area (Å²) >= 11 is 0. The van der Waals surface area contributed by atoms with Crippen LogP contribution in [0.5, 0.6) is 0 Å². The van der Waals surface area contributed by atoms with E-state index in [2.05, 4.69) is 4.98 Å². The number of methoxy groups -OCH3 is 1. The second-order valence-corrected chi connectivity index (χ2v) is 9.59. The number of benzene rings is 3. The van der Waals surface area contributed by atoms with Gasteiger partial charge in [-0.2, -0.15) is 0 Å². The molecule has 0 spiro atoms. The van der Waals surface area contributed by atoms with Crippen molar-refractivity contribution in [2.75, 3.05) is 7.11 Å². The summed E-state index contributed by atoms with van der Waals surface area (Å²) in [5.74, 6) is -1.22. The van der Waals surface area contributed by atoms with Gasteiger partial charge >= 0.3 is 5.97 Å². The van der Waals surface area contributed by atoms with E-state index in [1.54, 1.807) is 31.2 Å². The third-order valence-corrected chi connectivity index (χ3v) is 7.26. The molecule has 0 amide bonds. The molecule has 5 rings (SSSR count). The first-order valence-electron chi connectivity index (χ1n) is 12.5. The molecule has 0 unspecified atom stereocenters. The van der Waals surface area contributed by atoms with E-state index < -0.39 is 11.4 Å². The van der Waals surface area contributed by atoms with Crippen LogP contribution >= 0.6 is 0 Å². The van der Waals surface area contributed by atoms with Crippen molar-refractivity contribution >= 4 is 23.2 Å². The van der Waals surface area contributed by atoms with Crippen LogP contribution in [0.25, 0.3) is 5.57 Å². The van der Waals surface area contributed by atoms with E-state index in [0.717, 1.165) is 11.1 Å². The molecule has 0 bridgehead atoms. The van der Waals surface area contributed by atoms with Gasteiger partial charge in [-0.05, 0) is 37.8 Å². The number of hydrogen-bond donors (Lipinski definition) is 0. The minimum Gasteiger partial charge on any atom is -0.466 e. The monoisotopic (exact) mass is 504 g/mol. The Balaban J connectivity index is 1.89. The number of ketones is 1. The smallest absolute Gasteiger partial charge is 0.335 e. The van der Waals surface area contributed by atoms with Crippen molar-refractivity contribution in [2.45, 2.75) is 26.7 Å². The third kappa shape index (κ3) is 4.18. The number of Topliss-reactive ketones (excluding diaryl/α,β-unsaturated/α-hetero) is 1. The number of aromatic nitrogens is 2. The van der Waals surface area contributed by atoms with Gasteiger partial charge in [-0.3, -0.25) is 14.2 Å². The lowest BCUT2D eigenvalue weighted by molar-refractivity contribution is -0.137. The summed E-state index contributed by atoms with van der Waals surface area (Å²) in [5.41, 5.74) is 2.11. The summed E-state index contributed by atoms with van der Waals surface area (Å²) in [6, 6.07) is 27.8. The van der Waals surface area contributed by atoms with Crippen molar-refractivity contribution in [3.05, 3.63) is 130 Å². The van der Waals surface area contributed by atoms with Gasteiger partial charge in [0.05, 0.1) is 29.4 Å². The predicted molar refractivity (Wildman–Crippen MR) is 145 cm³/mol. The number of ether oxygens (including phenoxy) is 1. The normalized spacial score (nSPS) is 14.2. The summed E-state index contributed by atoms with van der Waals surface area (Å²) in [4.78, 5) is 47.2. The average Bonchev–Trinajstić information content (AvgIpc) is 3.24. The molecule has 0 saturated heterocycles. The van der Waals surface area contributed by atoms with E-state index in [0.29, 0.717) is 17.0 Å². The fourth-order valence-corrected chi connectivity index (χ4v) is 5.33. The molecule has 3 aromatic carbocycles. The third-order valence-electron chi connectivity index (χ3n) is 7.26. The summed E-state index contributed by atoms with van der Waals surface area (Å²) < 4.78 is 6.82. The van der Waals surface area contributed by atoms with Crippen LogP contribution < -0.4 is 0 Å². The predicted octanol–water partition coefficient (Wildman–Crippen LogP) is 5.44. The number of hydrogen-bond acceptors (Lipinski definition) is 5. The van der Waals surface area contributed by atoms with Gasteiger partial charge in [-0.1, -0.05) is 91.0 Å². The van der Waals surface area contributed by atoms with E-state index in [1.165, 1.54) is 11.7 Å². The highest BCUT2D eigenvalue weighted by atomic mass is 16.5. The minimum atomic E-state index is -1.42. The number of aryl methyl sites for hydroxylation is 1. The molecule has 6 heteroatoms. The number of nitrogens with zero attached hydrogens (tertiary/aromatic N) is 2. The second-order valence-electron chi connectivity index (χ2n) is 9.59. The Bertz CT molecular complexity index is 1510. The number of carbonyl (C=O) groups excluding carboxylic acids is 3. The highest BCUT2D eigenvalue weighted by Gasteiger charge is 2.54. The number of carbonyl (C=O) groups is 3. The highest BCUT2D eigenvalue weighted by molar-refractivity contribution is 6.34. The highest BCUT2D eigenvalue weighted by Crippen LogP contribution is 2.47. The molecule has 1 aliphatic rings. The van der Waals surface area contributed by atoms with Crippen LogP contribution in [0.3, 0.4) is 0 Å². The first kappa shape index (κ1) is 25.1. The number of fused-ring (bicyclic) bond motifs is 1. The van der Waals surface area contributed by atoms with Crippen molar-refractivity contribution in [1.29, 1.82) is 0 Å². The number of allylic oxidation sites excluding steroid dienone is 1. The van der Waals surface area contributed by atoms with Crippen LogP contribution in [0, 0.1) is 19.3 Å². The molecular formula is C32H28N2O4. The first-order chi connectivity index (χ1) is 18.4. The first-order valence-corrected chi connectivity index (χ1v) is 12.5. The Labute approximate surface area is 221 Å². The summed E-state index contributed by atoms with van der Waals surface area (Å²) in [6.45, 7) is 3.61. The molecule has 0 atom stereocenters. The van der Waals surface area contributed by atoms with Gasteiger partial charge in [0.1, 0.15) is 0 Å². The SMILES string of the molecule is COC(=O)C1=C(C(=O)c2ccccc2)c2nc(C)c(C)n2C(=O)C1(Cc1ccccc1)Cc1ccccc1. The molecule has 0 saturated carbocycles. The Morgan fingerprint density at radius 3 is 1.82 bits per heavy atom. The fourth-order valence-electron chi connectivity index (χ4n) is 5.33. The van der Waals surface area contributed by atoms with E-state index in [4.69, 9.17) is 4.74 Å². The lowest BCUT2D eigenvalue weighted by Crippen LogP contribution is -2.48. The number of esters is 1. The zero-order chi connectivity index (χ0) is 26.9. The average molecular weight is 505 g/mol. The zero-order valence-electron chi connectivity index (χ0n) is 21.6. The largest absolute Gasteiger partial charge is 0.466 e. The molecule has 2 heterocycles. The molecule has 0 N–H and O–H groups in total. The van der Waals surface area contributed by atoms with Crippen LogP contribution in [0.4, 0.5) is 0 Å². The van der Waals surface area contributed by atoms with E-state index in [9.17, 15) is 14.4 Å². The molecule has 190 valence electrons. The fraction of sp³-hybridized carbons (Fsp3) is 0.188. The maximum absolute atomic E-state index is 14.7. The topological polar surface area (TPSA) is 78.3 Å². The summed E-state index contributed by atoms with van der Waals surface area (Å²) in [7, 11) is 1.28. The Morgan fingerprint density at radius 2 is 1.32 bits per heavy atom. The van der Waals surface area contributed by atoms with Crippen LogP contribution in [-0.2, 0) is 22.4 Å². The van der Waals surface area contributed by atoms with Crippen LogP contribution in [0.2, 0.25) is 0 Å². The number of rotatable bonds is 7.